The van der Waals surface area contributed by atoms with Crippen molar-refractivity contribution < 1.29 is 8.78 Å². The van der Waals surface area contributed by atoms with Crippen LogP contribution in [0.5, 0.6) is 0 Å². The largest absolute Gasteiger partial charge is 0.270 e. The molecule has 0 nitrogen and oxygen atoms in total. The van der Waals surface area contributed by atoms with Gasteiger partial charge >= 0.3 is 0 Å². The third-order valence-corrected chi connectivity index (χ3v) is 2.57. The highest BCUT2D eigenvalue weighted by atomic mass is 19.3. The molecule has 0 fully saturated rings. The monoisotopic (exact) mass is 230 g/mol. The zero-order chi connectivity index (χ0) is 12.3. The molecule has 2 aromatic rings. The zero-order valence-electron chi connectivity index (χ0n) is 9.45. The first-order valence-electron chi connectivity index (χ1n) is 5.35. The van der Waals surface area contributed by atoms with E-state index in [0.717, 1.165) is 17.2 Å². The number of halogens is 2. The molecule has 2 rings (SSSR count). The van der Waals surface area contributed by atoms with Crippen LogP contribution in [0.4, 0.5) is 8.78 Å². The van der Waals surface area contributed by atoms with Crippen molar-refractivity contribution in [3.63, 3.8) is 0 Å². The Kier molecular flexibility index (Phi) is 3.33. The van der Waals surface area contributed by atoms with Crippen LogP contribution in [-0.2, 0) is 0 Å². The lowest BCUT2D eigenvalue weighted by atomic mass is 10.0. The highest BCUT2D eigenvalue weighted by molar-refractivity contribution is 5.65. The molecule has 0 aliphatic carbocycles. The van der Waals surface area contributed by atoms with E-state index in [0.29, 0.717) is 5.56 Å². The van der Waals surface area contributed by atoms with E-state index in [4.69, 9.17) is 0 Å². The third-order valence-electron chi connectivity index (χ3n) is 2.57. The predicted molar refractivity (Wildman–Crippen MR) is 66.8 cm³/mol. The van der Waals surface area contributed by atoms with Crippen molar-refractivity contribution in [2.24, 2.45) is 0 Å². The molecular formula is C15H12F2. The first-order chi connectivity index (χ1) is 8.15. The maximum absolute atomic E-state index is 12.0. The number of hydrogen-bond acceptors (Lipinski definition) is 0. The van der Waals surface area contributed by atoms with Crippen LogP contribution in [-0.4, -0.2) is 0 Å². The Hall–Kier alpha value is -1.96. The second-order valence-corrected chi connectivity index (χ2v) is 3.92. The minimum Gasteiger partial charge on any atom is -0.173 e. The van der Waals surface area contributed by atoms with Crippen LogP contribution in [0.2, 0.25) is 0 Å². The summed E-state index contributed by atoms with van der Waals surface area (Å²) < 4.78 is 24.1. The van der Waals surface area contributed by atoms with Gasteiger partial charge in [0.15, 0.2) is 0 Å². The smallest absolute Gasteiger partial charge is 0.173 e. The van der Waals surface area contributed by atoms with E-state index in [2.05, 4.69) is 0 Å². The molecule has 86 valence electrons. The Balaban J connectivity index is 2.29. The molecule has 0 aliphatic heterocycles. The van der Waals surface area contributed by atoms with Gasteiger partial charge in [0.1, 0.15) is 0 Å². The van der Waals surface area contributed by atoms with Crippen molar-refractivity contribution in [3.8, 4) is 11.1 Å². The van der Waals surface area contributed by atoms with E-state index < -0.39 is 6.08 Å². The van der Waals surface area contributed by atoms with Crippen LogP contribution >= 0.6 is 0 Å². The molecule has 0 saturated heterocycles. The molecule has 2 aromatic carbocycles. The molecule has 0 aromatic heterocycles. The van der Waals surface area contributed by atoms with Crippen LogP contribution in [0.25, 0.3) is 17.2 Å². The van der Waals surface area contributed by atoms with E-state index in [9.17, 15) is 8.78 Å². The van der Waals surface area contributed by atoms with Crippen LogP contribution < -0.4 is 0 Å². The molecule has 0 aliphatic rings. The van der Waals surface area contributed by atoms with Crippen LogP contribution in [0.15, 0.2) is 54.6 Å². The van der Waals surface area contributed by atoms with Gasteiger partial charge < -0.3 is 0 Å². The summed E-state index contributed by atoms with van der Waals surface area (Å²) in [5, 5.41) is 0. The maximum Gasteiger partial charge on any atom is 0.270 e. The topological polar surface area (TPSA) is 0 Å². The molecule has 0 heterocycles. The molecule has 0 unspecified atom stereocenters. The summed E-state index contributed by atoms with van der Waals surface area (Å²) in [5.74, 6) is 0. The summed E-state index contributed by atoms with van der Waals surface area (Å²) in [7, 11) is 0. The molecule has 0 bridgehead atoms. The van der Waals surface area contributed by atoms with Crippen LogP contribution in [0.1, 0.15) is 11.1 Å². The Labute approximate surface area is 99.2 Å². The SMILES string of the molecule is Cc1ccc(-c2ccc(C=C(F)F)cc2)cc1. The van der Waals surface area contributed by atoms with Crippen LogP contribution in [0.3, 0.4) is 0 Å². The third kappa shape index (κ3) is 3.00. The molecule has 0 N–H and O–H groups in total. The second kappa shape index (κ2) is 4.91. The summed E-state index contributed by atoms with van der Waals surface area (Å²) in [5.41, 5.74) is 3.84. The van der Waals surface area contributed by atoms with Gasteiger partial charge in [0.05, 0.1) is 0 Å². The fourth-order valence-electron chi connectivity index (χ4n) is 1.64. The summed E-state index contributed by atoms with van der Waals surface area (Å²) >= 11 is 0. The quantitative estimate of drug-likeness (QED) is 0.688. The standard InChI is InChI=1S/C15H12F2/c1-11-2-6-13(7-3-11)14-8-4-12(5-9-14)10-15(16)17/h2-10H,1H3. The number of aryl methyl sites for hydroxylation is 1. The van der Waals surface area contributed by atoms with Gasteiger partial charge in [-0.1, -0.05) is 54.1 Å². The lowest BCUT2D eigenvalue weighted by Gasteiger charge is -2.02. The molecule has 0 saturated carbocycles. The van der Waals surface area contributed by atoms with Crippen molar-refractivity contribution >= 4 is 6.08 Å². The van der Waals surface area contributed by atoms with E-state index >= 15 is 0 Å². The first-order valence-corrected chi connectivity index (χ1v) is 5.35. The van der Waals surface area contributed by atoms with Gasteiger partial charge in [-0.05, 0) is 23.6 Å². The predicted octanol–water partition coefficient (Wildman–Crippen LogP) is 4.90. The van der Waals surface area contributed by atoms with E-state index in [1.165, 1.54) is 5.56 Å². The molecule has 0 atom stereocenters. The van der Waals surface area contributed by atoms with Crippen molar-refractivity contribution in [1.82, 2.24) is 0 Å². The summed E-state index contributed by atoms with van der Waals surface area (Å²) in [6.45, 7) is 2.03. The lowest BCUT2D eigenvalue weighted by Crippen LogP contribution is -1.79. The first kappa shape index (κ1) is 11.5. The van der Waals surface area contributed by atoms with Crippen molar-refractivity contribution in [1.29, 1.82) is 0 Å². The molecule has 0 spiro atoms. The highest BCUT2D eigenvalue weighted by Crippen LogP contribution is 2.21. The van der Waals surface area contributed by atoms with Gasteiger partial charge in [-0.15, -0.1) is 0 Å². The van der Waals surface area contributed by atoms with E-state index in [1.54, 1.807) is 12.1 Å². The summed E-state index contributed by atoms with van der Waals surface area (Å²) in [6, 6.07) is 15.2. The molecule has 2 heteroatoms. The Morgan fingerprint density at radius 2 is 1.29 bits per heavy atom. The zero-order valence-corrected chi connectivity index (χ0v) is 9.45. The summed E-state index contributed by atoms with van der Waals surface area (Å²) in [4.78, 5) is 0. The number of rotatable bonds is 2. The van der Waals surface area contributed by atoms with E-state index in [-0.39, 0.29) is 0 Å². The molecule has 17 heavy (non-hydrogen) atoms. The fraction of sp³-hybridized carbons (Fsp3) is 0.0667. The van der Waals surface area contributed by atoms with Gasteiger partial charge in [-0.25, -0.2) is 0 Å². The normalized spacial score (nSPS) is 10.1. The minimum absolute atomic E-state index is 0.515. The van der Waals surface area contributed by atoms with Gasteiger partial charge in [-0.3, -0.25) is 0 Å². The fourth-order valence-corrected chi connectivity index (χ4v) is 1.64. The second-order valence-electron chi connectivity index (χ2n) is 3.92. The average molecular weight is 230 g/mol. The maximum atomic E-state index is 12.0. The van der Waals surface area contributed by atoms with Crippen LogP contribution in [0, 0.1) is 6.92 Å². The molecular weight excluding hydrogens is 218 g/mol. The summed E-state index contributed by atoms with van der Waals surface area (Å²) in [6.07, 6.45) is -0.813. The molecule has 0 amide bonds. The Morgan fingerprint density at radius 3 is 1.76 bits per heavy atom. The van der Waals surface area contributed by atoms with Crippen molar-refractivity contribution in [2.75, 3.05) is 0 Å². The number of benzene rings is 2. The Morgan fingerprint density at radius 1 is 0.824 bits per heavy atom. The highest BCUT2D eigenvalue weighted by Gasteiger charge is 1.98. The van der Waals surface area contributed by atoms with E-state index in [1.807, 2.05) is 43.3 Å². The van der Waals surface area contributed by atoms with Gasteiger partial charge in [0, 0.05) is 6.08 Å². The average Bonchev–Trinajstić information content (AvgIpc) is 2.30. The van der Waals surface area contributed by atoms with Gasteiger partial charge in [-0.2, -0.15) is 8.78 Å². The van der Waals surface area contributed by atoms with Gasteiger partial charge in [0.25, 0.3) is 6.08 Å². The minimum atomic E-state index is -1.67. The van der Waals surface area contributed by atoms with Gasteiger partial charge in [0.2, 0.25) is 0 Å². The van der Waals surface area contributed by atoms with Crippen molar-refractivity contribution in [3.05, 3.63) is 65.7 Å². The molecule has 0 radical (unpaired) electrons. The van der Waals surface area contributed by atoms with Crippen molar-refractivity contribution in [2.45, 2.75) is 6.92 Å². The Bertz CT molecular complexity index is 518. The number of hydrogen-bond donors (Lipinski definition) is 0. The lowest BCUT2D eigenvalue weighted by molar-refractivity contribution is 0.429.